The van der Waals surface area contributed by atoms with Crippen LogP contribution in [0.25, 0.3) is 27.6 Å². The van der Waals surface area contributed by atoms with Crippen LogP contribution >= 0.6 is 23.2 Å². The molecule has 0 spiro atoms. The molecule has 5 aromatic rings. The summed E-state index contributed by atoms with van der Waals surface area (Å²) in [6.45, 7) is 2.83. The molecule has 0 saturated carbocycles. The molecule has 0 amide bonds. The van der Waals surface area contributed by atoms with E-state index in [9.17, 15) is 14.7 Å². The molecular formula is C33H33Cl2N7O4. The van der Waals surface area contributed by atoms with Crippen molar-refractivity contribution in [1.29, 1.82) is 0 Å². The van der Waals surface area contributed by atoms with Gasteiger partial charge in [0.1, 0.15) is 23.0 Å². The van der Waals surface area contributed by atoms with Crippen molar-refractivity contribution < 1.29 is 14.6 Å². The van der Waals surface area contributed by atoms with Crippen molar-refractivity contribution in [3.63, 3.8) is 0 Å². The van der Waals surface area contributed by atoms with Gasteiger partial charge in [0.25, 0.3) is 0 Å². The molecule has 2 fully saturated rings. The molecule has 6 heterocycles. The largest absolute Gasteiger partial charge is 0.477 e. The number of nitrogens with zero attached hydrogens (tertiary/aromatic N) is 7. The lowest BCUT2D eigenvalue weighted by molar-refractivity contribution is 0.0695. The van der Waals surface area contributed by atoms with Gasteiger partial charge in [-0.05, 0) is 63.3 Å². The van der Waals surface area contributed by atoms with Crippen molar-refractivity contribution in [3.8, 4) is 11.6 Å². The lowest BCUT2D eigenvalue weighted by Crippen LogP contribution is -2.57. The summed E-state index contributed by atoms with van der Waals surface area (Å²) in [5, 5.41) is 10.9. The number of carboxylic acids is 1. The summed E-state index contributed by atoms with van der Waals surface area (Å²) in [7, 11) is 6.07. The molecule has 46 heavy (non-hydrogen) atoms. The summed E-state index contributed by atoms with van der Waals surface area (Å²) < 4.78 is 9.82. The molecule has 2 saturated heterocycles. The highest BCUT2D eigenvalue weighted by Gasteiger charge is 2.30. The molecule has 0 aliphatic carbocycles. The van der Waals surface area contributed by atoms with Gasteiger partial charge >= 0.3 is 5.97 Å². The first-order chi connectivity index (χ1) is 22.1. The minimum Gasteiger partial charge on any atom is -0.477 e. The van der Waals surface area contributed by atoms with Crippen molar-refractivity contribution in [2.45, 2.75) is 24.9 Å². The number of likely N-dealkylation sites (N-methyl/N-ethyl adjacent to an activating group) is 1. The van der Waals surface area contributed by atoms with Gasteiger partial charge in [-0.1, -0.05) is 23.2 Å². The zero-order valence-corrected chi connectivity index (χ0v) is 27.2. The second-order valence-electron chi connectivity index (χ2n) is 12.2. The number of carboxylic acid groups (broad SMARTS) is 1. The molecule has 1 N–H and O–H groups in total. The van der Waals surface area contributed by atoms with E-state index >= 15 is 0 Å². The zero-order valence-electron chi connectivity index (χ0n) is 25.7. The molecule has 0 bridgehead atoms. The number of ether oxygens (including phenoxy) is 1. The molecule has 7 rings (SSSR count). The van der Waals surface area contributed by atoms with Gasteiger partial charge in [0.15, 0.2) is 0 Å². The predicted octanol–water partition coefficient (Wildman–Crippen LogP) is 5.08. The van der Waals surface area contributed by atoms with E-state index < -0.39 is 11.4 Å². The van der Waals surface area contributed by atoms with Gasteiger partial charge in [-0.25, -0.2) is 14.8 Å². The Bertz CT molecular complexity index is 2040. The number of fused-ring (bicyclic) bond motifs is 2. The van der Waals surface area contributed by atoms with Crippen LogP contribution in [-0.2, 0) is 7.05 Å². The SMILES string of the molecule is CN(C)C1CN(c2ccc(-n3cc(C(=O)O)c(=O)c4cc(Cl)c(N5CCC[C@@H]5COc5nc6ccn(C)c6cc5Cl)cc43)cn2)C1. The Morgan fingerprint density at radius 1 is 1.11 bits per heavy atom. The van der Waals surface area contributed by atoms with Gasteiger partial charge < -0.3 is 33.7 Å². The predicted molar refractivity (Wildman–Crippen MR) is 181 cm³/mol. The van der Waals surface area contributed by atoms with E-state index in [4.69, 9.17) is 27.9 Å². The first kappa shape index (κ1) is 30.3. The molecule has 0 radical (unpaired) electrons. The van der Waals surface area contributed by atoms with Crippen LogP contribution in [0.5, 0.6) is 5.88 Å². The normalized spacial score (nSPS) is 17.0. The Balaban J connectivity index is 1.22. The summed E-state index contributed by atoms with van der Waals surface area (Å²) in [6, 6.07) is 11.5. The summed E-state index contributed by atoms with van der Waals surface area (Å²) in [4.78, 5) is 41.3. The summed E-state index contributed by atoms with van der Waals surface area (Å²) in [5.41, 5.74) is 2.68. The zero-order chi connectivity index (χ0) is 32.3. The van der Waals surface area contributed by atoms with E-state index in [-0.39, 0.29) is 17.0 Å². The Hall–Kier alpha value is -4.32. The van der Waals surface area contributed by atoms with E-state index in [1.165, 1.54) is 6.20 Å². The van der Waals surface area contributed by atoms with E-state index in [1.54, 1.807) is 16.8 Å². The molecule has 0 unspecified atom stereocenters. The molecular weight excluding hydrogens is 629 g/mol. The maximum Gasteiger partial charge on any atom is 0.341 e. The Morgan fingerprint density at radius 3 is 2.63 bits per heavy atom. The molecule has 11 nitrogen and oxygen atoms in total. The lowest BCUT2D eigenvalue weighted by Gasteiger charge is -2.43. The van der Waals surface area contributed by atoms with Crippen LogP contribution in [0, 0.1) is 0 Å². The first-order valence-corrected chi connectivity index (χ1v) is 15.9. The molecule has 1 aromatic carbocycles. The second kappa shape index (κ2) is 11.8. The standard InChI is InChI=1S/C33H33Cl2N7O4/c1-38(2)21-15-40(16-21)30-7-6-19(14-36-30)42-17-23(33(44)45)31(43)22-11-24(34)28(13-27(22)42)41-9-4-5-20(41)18-46-32-25(35)12-29-26(37-32)8-10-39(29)3/h6-8,10-14,17,20-21H,4-5,9,15-16,18H2,1-3H3,(H,44,45)/t20-/m1/s1. The van der Waals surface area contributed by atoms with Crippen LogP contribution in [-0.4, -0.2) is 87.5 Å². The topological polar surface area (TPSA) is 109 Å². The number of hydrogen-bond acceptors (Lipinski definition) is 8. The average Bonchev–Trinajstić information content (AvgIpc) is 3.61. The van der Waals surface area contributed by atoms with Gasteiger partial charge in [0, 0.05) is 50.5 Å². The Morgan fingerprint density at radius 2 is 1.91 bits per heavy atom. The number of hydrogen-bond donors (Lipinski definition) is 1. The molecule has 13 heteroatoms. The maximum absolute atomic E-state index is 13.3. The van der Waals surface area contributed by atoms with Crippen LogP contribution in [0.15, 0.2) is 59.8 Å². The fourth-order valence-electron chi connectivity index (χ4n) is 6.34. The first-order valence-electron chi connectivity index (χ1n) is 15.1. The Labute approximate surface area is 275 Å². The number of carbonyl (C=O) groups is 1. The molecule has 2 aliphatic heterocycles. The third-order valence-electron chi connectivity index (χ3n) is 9.12. The van der Waals surface area contributed by atoms with Crippen LogP contribution in [0.2, 0.25) is 10.0 Å². The molecule has 4 aromatic heterocycles. The van der Waals surface area contributed by atoms with E-state index in [2.05, 4.69) is 38.8 Å². The highest BCUT2D eigenvalue weighted by molar-refractivity contribution is 6.34. The van der Waals surface area contributed by atoms with Crippen LogP contribution < -0.4 is 20.0 Å². The third-order valence-corrected chi connectivity index (χ3v) is 9.69. The summed E-state index contributed by atoms with van der Waals surface area (Å²) in [5.74, 6) is -0.0907. The van der Waals surface area contributed by atoms with Crippen molar-refractivity contribution >= 4 is 62.6 Å². The number of benzene rings is 1. The smallest absolute Gasteiger partial charge is 0.341 e. The van der Waals surface area contributed by atoms with E-state index in [1.807, 2.05) is 48.1 Å². The Kier molecular flexibility index (Phi) is 7.78. The molecule has 1 atom stereocenters. The van der Waals surface area contributed by atoms with Crippen molar-refractivity contribution in [2.24, 2.45) is 7.05 Å². The van der Waals surface area contributed by atoms with Gasteiger partial charge in [-0.3, -0.25) is 4.79 Å². The highest BCUT2D eigenvalue weighted by atomic mass is 35.5. The monoisotopic (exact) mass is 661 g/mol. The van der Waals surface area contributed by atoms with Crippen molar-refractivity contribution in [2.75, 3.05) is 50.1 Å². The number of aromatic nitrogens is 4. The van der Waals surface area contributed by atoms with E-state index in [0.717, 1.165) is 55.0 Å². The van der Waals surface area contributed by atoms with Gasteiger partial charge in [0.05, 0.1) is 45.2 Å². The van der Waals surface area contributed by atoms with Gasteiger partial charge in [0.2, 0.25) is 11.3 Å². The lowest BCUT2D eigenvalue weighted by atomic mass is 10.1. The number of pyridine rings is 3. The fourth-order valence-corrected chi connectivity index (χ4v) is 6.82. The van der Waals surface area contributed by atoms with Crippen molar-refractivity contribution in [3.05, 3.63) is 80.8 Å². The highest BCUT2D eigenvalue weighted by Crippen LogP contribution is 2.36. The van der Waals surface area contributed by atoms with Crippen LogP contribution in [0.1, 0.15) is 23.2 Å². The minimum absolute atomic E-state index is 0.0266. The van der Waals surface area contributed by atoms with Gasteiger partial charge in [-0.15, -0.1) is 0 Å². The molecule has 2 aliphatic rings. The number of anilines is 2. The van der Waals surface area contributed by atoms with Crippen molar-refractivity contribution in [1.82, 2.24) is 24.0 Å². The van der Waals surface area contributed by atoms with Gasteiger partial charge in [-0.2, -0.15) is 0 Å². The fraction of sp³-hybridized carbons (Fsp3) is 0.333. The third kappa shape index (κ3) is 5.32. The molecule has 238 valence electrons. The van der Waals surface area contributed by atoms with E-state index in [0.29, 0.717) is 39.8 Å². The number of aryl methyl sites for hydroxylation is 1. The number of halogens is 2. The van der Waals surface area contributed by atoms with Crippen LogP contribution in [0.3, 0.4) is 0 Å². The average molecular weight is 663 g/mol. The summed E-state index contributed by atoms with van der Waals surface area (Å²) in [6.07, 6.45) is 6.78. The minimum atomic E-state index is -1.31. The number of aromatic carboxylic acids is 1. The maximum atomic E-state index is 13.3. The van der Waals surface area contributed by atoms with Crippen LogP contribution in [0.4, 0.5) is 11.5 Å². The second-order valence-corrected chi connectivity index (χ2v) is 13.0. The quantitative estimate of drug-likeness (QED) is 0.244. The summed E-state index contributed by atoms with van der Waals surface area (Å²) >= 11 is 13.4. The number of rotatable bonds is 8.